The third-order valence-electron chi connectivity index (χ3n) is 5.26. The number of anilines is 1. The molecular weight excluding hydrogens is 398 g/mol. The Morgan fingerprint density at radius 2 is 1.97 bits per heavy atom. The van der Waals surface area contributed by atoms with E-state index in [4.69, 9.17) is 10.00 Å². The summed E-state index contributed by atoms with van der Waals surface area (Å²) in [7, 11) is 3.38. The molecule has 1 fully saturated rings. The summed E-state index contributed by atoms with van der Waals surface area (Å²) in [6.45, 7) is 5.22. The number of benzene rings is 1. The van der Waals surface area contributed by atoms with Gasteiger partial charge in [-0.2, -0.15) is 5.26 Å². The van der Waals surface area contributed by atoms with Crippen molar-refractivity contribution >= 4 is 23.6 Å². The summed E-state index contributed by atoms with van der Waals surface area (Å²) in [5, 5.41) is 14.3. The Morgan fingerprint density at radius 1 is 1.29 bits per heavy atom. The number of rotatable bonds is 8. The number of carbonyl (C=O) groups is 3. The number of carbonyl (C=O) groups excluding carboxylic acids is 3. The third kappa shape index (κ3) is 7.26. The van der Waals surface area contributed by atoms with E-state index >= 15 is 0 Å². The van der Waals surface area contributed by atoms with E-state index in [0.29, 0.717) is 24.3 Å². The highest BCUT2D eigenvalue weighted by molar-refractivity contribution is 5.98. The minimum atomic E-state index is -0.793. The van der Waals surface area contributed by atoms with Crippen LogP contribution in [0.1, 0.15) is 43.5 Å². The molecule has 1 saturated heterocycles. The number of likely N-dealkylation sites (tertiary alicyclic amines) is 1. The maximum Gasteiger partial charge on any atom is 0.411 e. The Bertz CT molecular complexity index is 818. The fourth-order valence-corrected chi connectivity index (χ4v) is 3.44. The Hall–Kier alpha value is -3.12. The Morgan fingerprint density at radius 3 is 2.52 bits per heavy atom. The van der Waals surface area contributed by atoms with Crippen LogP contribution in [-0.2, 0) is 9.53 Å². The molecule has 31 heavy (non-hydrogen) atoms. The highest BCUT2D eigenvalue weighted by Crippen LogP contribution is 2.16. The molecule has 0 bridgehead atoms. The fourth-order valence-electron chi connectivity index (χ4n) is 3.44. The standard InChI is InChI=1S/C22H31N5O4/c1-15(2)12-19(21(29)27(4)14-23)25-20(28)16-7-9-17(10-8-16)24-22(30)31-13-18-6-5-11-26(18)3/h7-10,15,18-19H,5-6,11-13H2,1-4H3,(H,24,30)(H,25,28). The smallest absolute Gasteiger partial charge is 0.411 e. The number of amides is 3. The van der Waals surface area contributed by atoms with Crippen molar-refractivity contribution in [2.75, 3.05) is 32.6 Å². The number of nitriles is 1. The molecule has 1 aromatic rings. The molecule has 2 rings (SSSR count). The molecule has 3 amide bonds. The average Bonchev–Trinajstić information content (AvgIpc) is 3.15. The summed E-state index contributed by atoms with van der Waals surface area (Å²) in [6, 6.07) is 5.76. The molecule has 1 heterocycles. The van der Waals surface area contributed by atoms with Crippen LogP contribution < -0.4 is 10.6 Å². The van der Waals surface area contributed by atoms with E-state index < -0.39 is 23.9 Å². The summed E-state index contributed by atoms with van der Waals surface area (Å²) in [5.74, 6) is -0.731. The molecule has 2 atom stereocenters. The molecule has 9 heteroatoms. The molecule has 0 saturated carbocycles. The Labute approximate surface area is 183 Å². The molecule has 0 aliphatic carbocycles. The van der Waals surface area contributed by atoms with Crippen LogP contribution in [0.3, 0.4) is 0 Å². The van der Waals surface area contributed by atoms with Gasteiger partial charge in [-0.1, -0.05) is 13.8 Å². The molecule has 1 aromatic carbocycles. The Balaban J connectivity index is 1.91. The van der Waals surface area contributed by atoms with Crippen LogP contribution in [0.25, 0.3) is 0 Å². The normalized spacial score (nSPS) is 17.0. The monoisotopic (exact) mass is 429 g/mol. The number of ether oxygens (including phenoxy) is 1. The minimum absolute atomic E-state index is 0.156. The van der Waals surface area contributed by atoms with Crippen molar-refractivity contribution in [1.29, 1.82) is 5.26 Å². The Kier molecular flexibility index (Phi) is 8.82. The van der Waals surface area contributed by atoms with Gasteiger partial charge in [0.1, 0.15) is 12.6 Å². The SMILES string of the molecule is CC(C)CC(NC(=O)c1ccc(NC(=O)OCC2CCCN2C)cc1)C(=O)N(C)C#N. The van der Waals surface area contributed by atoms with Crippen molar-refractivity contribution in [2.24, 2.45) is 5.92 Å². The van der Waals surface area contributed by atoms with E-state index in [1.165, 1.54) is 7.05 Å². The van der Waals surface area contributed by atoms with Crippen molar-refractivity contribution in [3.63, 3.8) is 0 Å². The maximum atomic E-state index is 12.6. The lowest BCUT2D eigenvalue weighted by Crippen LogP contribution is -2.46. The number of nitrogens with zero attached hydrogens (tertiary/aromatic N) is 3. The van der Waals surface area contributed by atoms with Gasteiger partial charge in [-0.05, 0) is 63.0 Å². The van der Waals surface area contributed by atoms with E-state index in [-0.39, 0.29) is 12.0 Å². The lowest BCUT2D eigenvalue weighted by molar-refractivity contribution is -0.129. The first-order valence-corrected chi connectivity index (χ1v) is 10.4. The minimum Gasteiger partial charge on any atom is -0.448 e. The van der Waals surface area contributed by atoms with Gasteiger partial charge in [0.25, 0.3) is 11.8 Å². The van der Waals surface area contributed by atoms with Crippen LogP contribution in [0.5, 0.6) is 0 Å². The summed E-state index contributed by atoms with van der Waals surface area (Å²) in [6.07, 6.45) is 3.75. The highest BCUT2D eigenvalue weighted by atomic mass is 16.5. The summed E-state index contributed by atoms with van der Waals surface area (Å²) >= 11 is 0. The number of hydrogen-bond acceptors (Lipinski definition) is 6. The van der Waals surface area contributed by atoms with Gasteiger partial charge < -0.3 is 15.0 Å². The molecule has 2 N–H and O–H groups in total. The molecule has 168 valence electrons. The summed E-state index contributed by atoms with van der Waals surface area (Å²) < 4.78 is 5.29. The second-order valence-corrected chi connectivity index (χ2v) is 8.23. The van der Waals surface area contributed by atoms with Crippen LogP contribution >= 0.6 is 0 Å². The summed E-state index contributed by atoms with van der Waals surface area (Å²) in [5.41, 5.74) is 0.841. The molecule has 2 unspecified atom stereocenters. The highest BCUT2D eigenvalue weighted by Gasteiger charge is 2.25. The molecule has 0 spiro atoms. The fraction of sp³-hybridized carbons (Fsp3) is 0.545. The molecule has 0 aromatic heterocycles. The number of nitrogens with one attached hydrogen (secondary N) is 2. The van der Waals surface area contributed by atoms with Gasteiger partial charge in [0.2, 0.25) is 0 Å². The first-order chi connectivity index (χ1) is 14.7. The van der Waals surface area contributed by atoms with Gasteiger partial charge in [0.15, 0.2) is 6.19 Å². The molecule has 1 aliphatic rings. The van der Waals surface area contributed by atoms with E-state index in [2.05, 4.69) is 15.5 Å². The average molecular weight is 430 g/mol. The van der Waals surface area contributed by atoms with E-state index in [9.17, 15) is 14.4 Å². The number of likely N-dealkylation sites (N-methyl/N-ethyl adjacent to an activating group) is 2. The maximum absolute atomic E-state index is 12.6. The van der Waals surface area contributed by atoms with Crippen LogP contribution in [-0.4, -0.2) is 67.0 Å². The van der Waals surface area contributed by atoms with Gasteiger partial charge in [-0.15, -0.1) is 0 Å². The van der Waals surface area contributed by atoms with Crippen LogP contribution in [0.4, 0.5) is 10.5 Å². The van der Waals surface area contributed by atoms with Crippen molar-refractivity contribution in [3.05, 3.63) is 29.8 Å². The predicted molar refractivity (Wildman–Crippen MR) is 116 cm³/mol. The van der Waals surface area contributed by atoms with E-state index in [0.717, 1.165) is 24.3 Å². The van der Waals surface area contributed by atoms with Gasteiger partial charge in [-0.25, -0.2) is 4.79 Å². The van der Waals surface area contributed by atoms with E-state index in [1.807, 2.05) is 20.9 Å². The van der Waals surface area contributed by atoms with Crippen molar-refractivity contribution in [3.8, 4) is 6.19 Å². The molecule has 1 aliphatic heterocycles. The van der Waals surface area contributed by atoms with Crippen LogP contribution in [0, 0.1) is 17.4 Å². The first-order valence-electron chi connectivity index (χ1n) is 10.4. The van der Waals surface area contributed by atoms with Gasteiger partial charge in [0, 0.05) is 24.3 Å². The van der Waals surface area contributed by atoms with Gasteiger partial charge >= 0.3 is 6.09 Å². The topological polar surface area (TPSA) is 115 Å². The lowest BCUT2D eigenvalue weighted by atomic mass is 10.0. The second kappa shape index (κ2) is 11.3. The summed E-state index contributed by atoms with van der Waals surface area (Å²) in [4.78, 5) is 40.0. The lowest BCUT2D eigenvalue weighted by Gasteiger charge is -2.21. The molecule has 9 nitrogen and oxygen atoms in total. The zero-order valence-electron chi connectivity index (χ0n) is 18.6. The zero-order chi connectivity index (χ0) is 23.0. The quantitative estimate of drug-likeness (QED) is 0.484. The van der Waals surface area contributed by atoms with E-state index in [1.54, 1.807) is 30.5 Å². The largest absolute Gasteiger partial charge is 0.448 e. The van der Waals surface area contributed by atoms with Gasteiger partial charge in [0.05, 0.1) is 0 Å². The first kappa shape index (κ1) is 24.2. The second-order valence-electron chi connectivity index (χ2n) is 8.23. The molecule has 0 radical (unpaired) electrons. The van der Waals surface area contributed by atoms with Crippen molar-refractivity contribution < 1.29 is 19.1 Å². The third-order valence-corrected chi connectivity index (χ3v) is 5.26. The zero-order valence-corrected chi connectivity index (χ0v) is 18.6. The molecular formula is C22H31N5O4. The van der Waals surface area contributed by atoms with Crippen molar-refractivity contribution in [1.82, 2.24) is 15.1 Å². The number of hydrogen-bond donors (Lipinski definition) is 2. The van der Waals surface area contributed by atoms with Gasteiger partial charge in [-0.3, -0.25) is 19.8 Å². The van der Waals surface area contributed by atoms with Crippen LogP contribution in [0.15, 0.2) is 24.3 Å². The van der Waals surface area contributed by atoms with Crippen LogP contribution in [0.2, 0.25) is 0 Å². The van der Waals surface area contributed by atoms with Crippen molar-refractivity contribution in [2.45, 2.75) is 45.2 Å². The predicted octanol–water partition coefficient (Wildman–Crippen LogP) is 2.41.